The van der Waals surface area contributed by atoms with Gasteiger partial charge < -0.3 is 5.73 Å². The van der Waals surface area contributed by atoms with Gasteiger partial charge in [0.25, 0.3) is 0 Å². The molecule has 0 aliphatic carbocycles. The van der Waals surface area contributed by atoms with Crippen LogP contribution in [0.3, 0.4) is 0 Å². The molecule has 2 heteroatoms. The molecule has 13 heavy (non-hydrogen) atoms. The highest BCUT2D eigenvalue weighted by Crippen LogP contribution is 2.14. The molecular formula is C11H14BrN. The molecule has 0 saturated carbocycles. The summed E-state index contributed by atoms with van der Waals surface area (Å²) in [6.07, 6.45) is 5.32. The highest BCUT2D eigenvalue weighted by Gasteiger charge is 1.93. The van der Waals surface area contributed by atoms with Crippen LogP contribution in [0.2, 0.25) is 0 Å². The predicted molar refractivity (Wildman–Crippen MR) is 63.0 cm³/mol. The Labute approximate surface area is 87.8 Å². The fourth-order valence-electron chi connectivity index (χ4n) is 1.11. The smallest absolute Gasteiger partial charge is 0.0320 e. The Morgan fingerprint density at radius 2 is 2.23 bits per heavy atom. The molecule has 2 N–H and O–H groups in total. The van der Waals surface area contributed by atoms with Gasteiger partial charge in [0.05, 0.1) is 0 Å². The summed E-state index contributed by atoms with van der Waals surface area (Å²) in [6, 6.07) is 5.97. The maximum Gasteiger partial charge on any atom is 0.0320 e. The maximum absolute atomic E-state index is 5.69. The molecule has 0 amide bonds. The van der Waals surface area contributed by atoms with E-state index in [1.54, 1.807) is 0 Å². The van der Waals surface area contributed by atoms with Crippen LogP contribution in [0.4, 0.5) is 5.69 Å². The van der Waals surface area contributed by atoms with Gasteiger partial charge in [0.2, 0.25) is 0 Å². The van der Waals surface area contributed by atoms with Crippen LogP contribution in [0.25, 0.3) is 6.08 Å². The maximum atomic E-state index is 5.69. The molecule has 1 rings (SSSR count). The highest BCUT2D eigenvalue weighted by atomic mass is 79.9. The monoisotopic (exact) mass is 239 g/mol. The van der Waals surface area contributed by atoms with E-state index in [0.29, 0.717) is 0 Å². The molecule has 0 aromatic heterocycles. The first kappa shape index (κ1) is 10.3. The number of aryl methyl sites for hydroxylation is 1. The molecule has 0 bridgehead atoms. The van der Waals surface area contributed by atoms with E-state index in [2.05, 4.69) is 35.0 Å². The zero-order valence-electron chi connectivity index (χ0n) is 7.76. The number of hydrogen-bond donors (Lipinski definition) is 1. The molecule has 70 valence electrons. The Bertz CT molecular complexity index is 305. The minimum absolute atomic E-state index is 0.823. The predicted octanol–water partition coefficient (Wildman–Crippen LogP) is 3.38. The molecule has 0 aliphatic heterocycles. The number of hydrogen-bond acceptors (Lipinski definition) is 1. The molecule has 0 saturated heterocycles. The summed E-state index contributed by atoms with van der Waals surface area (Å²) in [5.74, 6) is 0. The Kier molecular flexibility index (Phi) is 4.03. The highest BCUT2D eigenvalue weighted by molar-refractivity contribution is 9.09. The number of rotatable bonds is 3. The van der Waals surface area contributed by atoms with E-state index in [1.165, 1.54) is 11.1 Å². The lowest BCUT2D eigenvalue weighted by atomic mass is 10.1. The lowest BCUT2D eigenvalue weighted by Crippen LogP contribution is -1.87. The van der Waals surface area contributed by atoms with Crippen molar-refractivity contribution in [2.45, 2.75) is 13.3 Å². The van der Waals surface area contributed by atoms with Gasteiger partial charge in [-0.15, -0.1) is 0 Å². The van der Waals surface area contributed by atoms with Crippen molar-refractivity contribution in [3.63, 3.8) is 0 Å². The van der Waals surface area contributed by atoms with Crippen molar-refractivity contribution in [3.05, 3.63) is 35.4 Å². The molecule has 0 unspecified atom stereocenters. The summed E-state index contributed by atoms with van der Waals surface area (Å²) in [5, 5.41) is 1.00. The number of anilines is 1. The van der Waals surface area contributed by atoms with Crippen LogP contribution in [0.1, 0.15) is 17.5 Å². The quantitative estimate of drug-likeness (QED) is 0.636. The molecule has 0 atom stereocenters. The van der Waals surface area contributed by atoms with E-state index in [1.807, 2.05) is 18.2 Å². The van der Waals surface area contributed by atoms with Crippen molar-refractivity contribution >= 4 is 27.7 Å². The van der Waals surface area contributed by atoms with Gasteiger partial charge in [-0.05, 0) is 36.6 Å². The second-order valence-corrected chi connectivity index (χ2v) is 3.79. The average Bonchev–Trinajstić information content (AvgIpc) is 2.11. The number of halogens is 1. The Balaban J connectivity index is 2.81. The van der Waals surface area contributed by atoms with E-state index in [0.717, 1.165) is 17.4 Å². The zero-order valence-corrected chi connectivity index (χ0v) is 9.34. The summed E-state index contributed by atoms with van der Waals surface area (Å²) in [5.41, 5.74) is 8.98. The molecule has 1 aromatic rings. The van der Waals surface area contributed by atoms with Gasteiger partial charge >= 0.3 is 0 Å². The van der Waals surface area contributed by atoms with Crippen LogP contribution < -0.4 is 5.73 Å². The van der Waals surface area contributed by atoms with E-state index < -0.39 is 0 Å². The summed E-state index contributed by atoms with van der Waals surface area (Å²) in [4.78, 5) is 0. The van der Waals surface area contributed by atoms with Gasteiger partial charge in [0, 0.05) is 11.0 Å². The fourth-order valence-corrected chi connectivity index (χ4v) is 1.38. The van der Waals surface area contributed by atoms with Gasteiger partial charge in [-0.25, -0.2) is 0 Å². The lowest BCUT2D eigenvalue weighted by molar-refractivity contribution is 1.27. The molecule has 0 radical (unpaired) electrons. The van der Waals surface area contributed by atoms with Crippen molar-refractivity contribution in [1.82, 2.24) is 0 Å². The molecule has 0 spiro atoms. The number of nitrogens with two attached hydrogens (primary N) is 1. The number of allylic oxidation sites excluding steroid dienone is 1. The van der Waals surface area contributed by atoms with E-state index in [9.17, 15) is 0 Å². The zero-order chi connectivity index (χ0) is 9.68. The third-order valence-electron chi connectivity index (χ3n) is 1.88. The van der Waals surface area contributed by atoms with E-state index in [-0.39, 0.29) is 0 Å². The second kappa shape index (κ2) is 5.07. The Hall–Kier alpha value is -0.760. The van der Waals surface area contributed by atoms with Gasteiger partial charge in [-0.1, -0.05) is 34.1 Å². The molecule has 1 nitrogen and oxygen atoms in total. The summed E-state index contributed by atoms with van der Waals surface area (Å²) in [6.45, 7) is 2.09. The summed E-state index contributed by atoms with van der Waals surface area (Å²) in [7, 11) is 0. The molecule has 0 aliphatic rings. The van der Waals surface area contributed by atoms with Crippen LogP contribution in [-0.2, 0) is 0 Å². The number of nitrogen functional groups attached to an aromatic ring is 1. The van der Waals surface area contributed by atoms with Crippen LogP contribution >= 0.6 is 15.9 Å². The van der Waals surface area contributed by atoms with Crippen LogP contribution in [0.15, 0.2) is 24.3 Å². The minimum Gasteiger partial charge on any atom is -0.399 e. The van der Waals surface area contributed by atoms with Crippen molar-refractivity contribution in [2.75, 3.05) is 11.1 Å². The van der Waals surface area contributed by atoms with Crippen LogP contribution in [-0.4, -0.2) is 5.33 Å². The fraction of sp³-hybridized carbons (Fsp3) is 0.273. The van der Waals surface area contributed by atoms with Crippen molar-refractivity contribution < 1.29 is 0 Å². The van der Waals surface area contributed by atoms with Gasteiger partial charge in [-0.2, -0.15) is 0 Å². The summed E-state index contributed by atoms with van der Waals surface area (Å²) < 4.78 is 0. The van der Waals surface area contributed by atoms with Crippen LogP contribution in [0, 0.1) is 6.92 Å². The normalized spacial score (nSPS) is 10.9. The molecule has 0 fully saturated rings. The standard InChI is InChI=1S/C11H14BrN/c1-9-5-6-11(13)8-10(9)4-2-3-7-12/h2,4-6,8H,3,7,13H2,1H3. The van der Waals surface area contributed by atoms with Crippen molar-refractivity contribution in [2.24, 2.45) is 0 Å². The van der Waals surface area contributed by atoms with E-state index >= 15 is 0 Å². The van der Waals surface area contributed by atoms with Crippen molar-refractivity contribution in [1.29, 1.82) is 0 Å². The van der Waals surface area contributed by atoms with Crippen LogP contribution in [0.5, 0.6) is 0 Å². The summed E-state index contributed by atoms with van der Waals surface area (Å²) >= 11 is 3.38. The Morgan fingerprint density at radius 3 is 2.92 bits per heavy atom. The minimum atomic E-state index is 0.823. The number of alkyl halides is 1. The first-order valence-electron chi connectivity index (χ1n) is 4.32. The third kappa shape index (κ3) is 3.23. The van der Waals surface area contributed by atoms with Crippen molar-refractivity contribution in [3.8, 4) is 0 Å². The van der Waals surface area contributed by atoms with Gasteiger partial charge in [0.15, 0.2) is 0 Å². The molecule has 1 aromatic carbocycles. The largest absolute Gasteiger partial charge is 0.399 e. The number of benzene rings is 1. The van der Waals surface area contributed by atoms with E-state index in [4.69, 9.17) is 5.73 Å². The first-order valence-corrected chi connectivity index (χ1v) is 5.45. The second-order valence-electron chi connectivity index (χ2n) is 3.00. The topological polar surface area (TPSA) is 26.0 Å². The van der Waals surface area contributed by atoms with Gasteiger partial charge in [-0.3, -0.25) is 0 Å². The lowest BCUT2D eigenvalue weighted by Gasteiger charge is -2.01. The Morgan fingerprint density at radius 1 is 1.46 bits per heavy atom. The first-order chi connectivity index (χ1) is 6.24. The SMILES string of the molecule is Cc1ccc(N)cc1C=CCCBr. The third-order valence-corrected chi connectivity index (χ3v) is 2.33. The molecular weight excluding hydrogens is 226 g/mol. The molecule has 0 heterocycles. The van der Waals surface area contributed by atoms with Gasteiger partial charge in [0.1, 0.15) is 0 Å². The average molecular weight is 240 g/mol.